The van der Waals surface area contributed by atoms with Crippen molar-refractivity contribution >= 4 is 22.6 Å². The molecule has 7 heteroatoms. The van der Waals surface area contributed by atoms with Crippen molar-refractivity contribution in [3.05, 3.63) is 30.2 Å². The number of nitrogens with zero attached hydrogens (tertiary/aromatic N) is 4. The Morgan fingerprint density at radius 3 is 3.05 bits per heavy atom. The third-order valence-electron chi connectivity index (χ3n) is 2.68. The predicted octanol–water partition coefficient (Wildman–Crippen LogP) is 1.16. The Balaban J connectivity index is 2.27. The maximum Gasteiger partial charge on any atom is 0.360 e. The maximum atomic E-state index is 11.7. The van der Waals surface area contributed by atoms with Crippen LogP contribution in [0.2, 0.25) is 0 Å². The van der Waals surface area contributed by atoms with Crippen molar-refractivity contribution in [1.82, 2.24) is 19.6 Å². The van der Waals surface area contributed by atoms with Crippen LogP contribution in [0.1, 0.15) is 17.4 Å². The van der Waals surface area contributed by atoms with E-state index in [0.29, 0.717) is 16.7 Å². The molecule has 96 valence electrons. The van der Waals surface area contributed by atoms with Gasteiger partial charge in [0.15, 0.2) is 11.3 Å². The van der Waals surface area contributed by atoms with Crippen molar-refractivity contribution < 1.29 is 14.6 Å². The van der Waals surface area contributed by atoms with Crippen molar-refractivity contribution in [1.29, 1.82) is 0 Å². The number of carbonyl (C=O) groups excluding carboxylic acids is 1. The molecule has 0 bridgehead atoms. The molecule has 1 N–H and O–H groups in total. The van der Waals surface area contributed by atoms with Crippen molar-refractivity contribution in [3.8, 4) is 5.75 Å². The van der Waals surface area contributed by atoms with E-state index in [1.54, 1.807) is 17.4 Å². The molecule has 0 fully saturated rings. The standard InChI is InChI=1S/C12H10N4O3/c1-2-19-12(18)10-11-15-14-8-4-3-7(17)5-9(8)16(11)6-13-10/h3-6,17H,2H2,1H3. The second-order valence-corrected chi connectivity index (χ2v) is 3.88. The number of hydrogen-bond acceptors (Lipinski definition) is 6. The Bertz CT molecular complexity index is 781. The lowest BCUT2D eigenvalue weighted by molar-refractivity contribution is 0.0522. The van der Waals surface area contributed by atoms with Crippen LogP contribution in [-0.2, 0) is 4.74 Å². The van der Waals surface area contributed by atoms with Gasteiger partial charge in [-0.25, -0.2) is 9.78 Å². The molecule has 3 rings (SSSR count). The van der Waals surface area contributed by atoms with Gasteiger partial charge in [0.25, 0.3) is 0 Å². The number of ether oxygens (including phenoxy) is 1. The molecule has 0 saturated heterocycles. The second kappa shape index (κ2) is 4.20. The number of rotatable bonds is 2. The van der Waals surface area contributed by atoms with Crippen molar-refractivity contribution in [3.63, 3.8) is 0 Å². The topological polar surface area (TPSA) is 89.6 Å². The lowest BCUT2D eigenvalue weighted by Gasteiger charge is -2.01. The number of carbonyl (C=O) groups is 1. The molecule has 0 aliphatic heterocycles. The number of esters is 1. The quantitative estimate of drug-likeness (QED) is 0.694. The molecule has 0 atom stereocenters. The van der Waals surface area contributed by atoms with E-state index < -0.39 is 5.97 Å². The Morgan fingerprint density at radius 1 is 1.42 bits per heavy atom. The van der Waals surface area contributed by atoms with Crippen LogP contribution >= 0.6 is 0 Å². The molecule has 3 aromatic rings. The zero-order valence-electron chi connectivity index (χ0n) is 10.1. The summed E-state index contributed by atoms with van der Waals surface area (Å²) < 4.78 is 6.49. The molecule has 0 radical (unpaired) electrons. The van der Waals surface area contributed by atoms with Crippen molar-refractivity contribution in [2.45, 2.75) is 6.92 Å². The molecule has 2 heterocycles. The van der Waals surface area contributed by atoms with Crippen LogP contribution in [0.3, 0.4) is 0 Å². The molecule has 1 aromatic carbocycles. The average Bonchev–Trinajstić information content (AvgIpc) is 2.83. The lowest BCUT2D eigenvalue weighted by Crippen LogP contribution is -2.07. The summed E-state index contributed by atoms with van der Waals surface area (Å²) in [7, 11) is 0. The monoisotopic (exact) mass is 258 g/mol. The lowest BCUT2D eigenvalue weighted by atomic mass is 10.3. The van der Waals surface area contributed by atoms with E-state index >= 15 is 0 Å². The van der Waals surface area contributed by atoms with Gasteiger partial charge in [-0.05, 0) is 19.1 Å². The summed E-state index contributed by atoms with van der Waals surface area (Å²) in [6.45, 7) is 1.98. The van der Waals surface area contributed by atoms with Gasteiger partial charge in [-0.15, -0.1) is 10.2 Å². The summed E-state index contributed by atoms with van der Waals surface area (Å²) >= 11 is 0. The summed E-state index contributed by atoms with van der Waals surface area (Å²) in [6.07, 6.45) is 1.46. The first-order valence-corrected chi connectivity index (χ1v) is 5.70. The number of aromatic nitrogens is 4. The normalized spacial score (nSPS) is 11.0. The van der Waals surface area contributed by atoms with Gasteiger partial charge in [0.05, 0.1) is 12.1 Å². The summed E-state index contributed by atoms with van der Waals surface area (Å²) in [5, 5.41) is 17.5. The maximum absolute atomic E-state index is 11.7. The minimum absolute atomic E-state index is 0.105. The fourth-order valence-corrected chi connectivity index (χ4v) is 1.85. The molecule has 0 saturated carbocycles. The highest BCUT2D eigenvalue weighted by atomic mass is 16.5. The Morgan fingerprint density at radius 2 is 2.26 bits per heavy atom. The molecular formula is C12H10N4O3. The molecule has 0 unspecified atom stereocenters. The molecule has 0 aliphatic rings. The van der Waals surface area contributed by atoms with E-state index in [-0.39, 0.29) is 18.1 Å². The smallest absolute Gasteiger partial charge is 0.360 e. The first-order chi connectivity index (χ1) is 9.20. The van der Waals surface area contributed by atoms with Crippen LogP contribution in [-0.4, -0.2) is 37.3 Å². The van der Waals surface area contributed by atoms with E-state index in [1.165, 1.54) is 18.5 Å². The third-order valence-corrected chi connectivity index (χ3v) is 2.68. The van der Waals surface area contributed by atoms with Crippen LogP contribution < -0.4 is 0 Å². The number of phenols is 1. The number of phenolic OH excluding ortho intramolecular Hbond substituents is 1. The fraction of sp³-hybridized carbons (Fsp3) is 0.167. The van der Waals surface area contributed by atoms with Crippen molar-refractivity contribution in [2.75, 3.05) is 6.61 Å². The van der Waals surface area contributed by atoms with Gasteiger partial charge in [-0.1, -0.05) is 0 Å². The van der Waals surface area contributed by atoms with E-state index in [2.05, 4.69) is 15.2 Å². The highest BCUT2D eigenvalue weighted by molar-refractivity contribution is 5.95. The van der Waals surface area contributed by atoms with E-state index in [1.807, 2.05) is 0 Å². The van der Waals surface area contributed by atoms with Gasteiger partial charge in [-0.3, -0.25) is 4.40 Å². The van der Waals surface area contributed by atoms with Crippen LogP contribution in [0.15, 0.2) is 24.5 Å². The SMILES string of the molecule is CCOC(=O)c1ncn2c1nnc1ccc(O)cc12. The zero-order chi connectivity index (χ0) is 13.4. The number of benzene rings is 1. The highest BCUT2D eigenvalue weighted by Crippen LogP contribution is 2.20. The molecule has 7 nitrogen and oxygen atoms in total. The van der Waals surface area contributed by atoms with Gasteiger partial charge < -0.3 is 9.84 Å². The Labute approximate surface area is 107 Å². The highest BCUT2D eigenvalue weighted by Gasteiger charge is 2.17. The number of imidazole rings is 1. The number of fused-ring (bicyclic) bond motifs is 3. The summed E-state index contributed by atoms with van der Waals surface area (Å²) in [5.41, 5.74) is 1.63. The molecule has 0 amide bonds. The van der Waals surface area contributed by atoms with Gasteiger partial charge in [0.1, 0.15) is 17.6 Å². The van der Waals surface area contributed by atoms with E-state index in [9.17, 15) is 9.90 Å². The summed E-state index contributed by atoms with van der Waals surface area (Å²) in [6, 6.07) is 4.70. The summed E-state index contributed by atoms with van der Waals surface area (Å²) in [4.78, 5) is 15.7. The van der Waals surface area contributed by atoms with E-state index in [4.69, 9.17) is 4.74 Å². The van der Waals surface area contributed by atoms with Gasteiger partial charge >= 0.3 is 5.97 Å². The van der Waals surface area contributed by atoms with E-state index in [0.717, 1.165) is 0 Å². The van der Waals surface area contributed by atoms with Crippen LogP contribution in [0.4, 0.5) is 0 Å². The number of aromatic hydroxyl groups is 1. The third kappa shape index (κ3) is 1.75. The molecular weight excluding hydrogens is 248 g/mol. The minimum atomic E-state index is -0.543. The van der Waals surface area contributed by atoms with Crippen LogP contribution in [0.5, 0.6) is 5.75 Å². The molecule has 2 aromatic heterocycles. The van der Waals surface area contributed by atoms with Gasteiger partial charge in [-0.2, -0.15) is 0 Å². The first-order valence-electron chi connectivity index (χ1n) is 5.70. The molecule has 0 aliphatic carbocycles. The molecule has 0 spiro atoms. The zero-order valence-corrected chi connectivity index (χ0v) is 10.1. The molecule has 19 heavy (non-hydrogen) atoms. The predicted molar refractivity (Wildman–Crippen MR) is 65.9 cm³/mol. The average molecular weight is 258 g/mol. The van der Waals surface area contributed by atoms with Gasteiger partial charge in [0, 0.05) is 6.07 Å². The second-order valence-electron chi connectivity index (χ2n) is 3.88. The Hall–Kier alpha value is -2.70. The van der Waals surface area contributed by atoms with Crippen molar-refractivity contribution in [2.24, 2.45) is 0 Å². The fourth-order valence-electron chi connectivity index (χ4n) is 1.85. The summed E-state index contributed by atoms with van der Waals surface area (Å²) in [5.74, 6) is -0.438. The largest absolute Gasteiger partial charge is 0.508 e. The van der Waals surface area contributed by atoms with Crippen LogP contribution in [0, 0.1) is 0 Å². The first kappa shape index (κ1) is 11.4. The Kier molecular flexibility index (Phi) is 2.52. The number of hydrogen-bond donors (Lipinski definition) is 1. The van der Waals surface area contributed by atoms with Gasteiger partial charge in [0.2, 0.25) is 0 Å². The minimum Gasteiger partial charge on any atom is -0.508 e. The van der Waals surface area contributed by atoms with Crippen LogP contribution in [0.25, 0.3) is 16.7 Å².